The lowest BCUT2D eigenvalue weighted by atomic mass is 10.0. The van der Waals surface area contributed by atoms with Crippen LogP contribution in [0.1, 0.15) is 18.1 Å². The number of carbonyl (C=O) groups is 3. The Kier molecular flexibility index (Phi) is 4.43. The van der Waals surface area contributed by atoms with Crippen LogP contribution in [0.5, 0.6) is 0 Å². The highest BCUT2D eigenvalue weighted by Gasteiger charge is 2.36. The van der Waals surface area contributed by atoms with Gasteiger partial charge in [-0.2, -0.15) is 0 Å². The standard InChI is InChI=1S/C19H15FN2O3/c1-2-12-3-5-13(6-4-12)11-16-17(23)21-19(25)22(18(16)24)15-9-7-14(20)8-10-15/h3-11H,2H2,1H3,(H,21,23,25)/b16-11+. The molecule has 126 valence electrons. The van der Waals surface area contributed by atoms with E-state index in [-0.39, 0.29) is 11.3 Å². The van der Waals surface area contributed by atoms with Crippen LogP contribution in [0.2, 0.25) is 0 Å². The third kappa shape index (κ3) is 3.33. The van der Waals surface area contributed by atoms with Crippen LogP contribution in [-0.2, 0) is 16.0 Å². The Bertz CT molecular complexity index is 871. The first-order valence-electron chi connectivity index (χ1n) is 7.75. The number of urea groups is 1. The zero-order valence-electron chi connectivity index (χ0n) is 13.5. The number of benzene rings is 2. The quantitative estimate of drug-likeness (QED) is 0.691. The van der Waals surface area contributed by atoms with Crippen molar-refractivity contribution in [1.82, 2.24) is 5.32 Å². The molecule has 1 heterocycles. The van der Waals surface area contributed by atoms with Gasteiger partial charge in [0.05, 0.1) is 5.69 Å². The number of hydrogen-bond donors (Lipinski definition) is 1. The summed E-state index contributed by atoms with van der Waals surface area (Å²) in [5.74, 6) is -2.00. The predicted molar refractivity (Wildman–Crippen MR) is 91.2 cm³/mol. The van der Waals surface area contributed by atoms with Gasteiger partial charge in [-0.25, -0.2) is 14.1 Å². The van der Waals surface area contributed by atoms with E-state index in [1.54, 1.807) is 12.1 Å². The van der Waals surface area contributed by atoms with Gasteiger partial charge in [0.2, 0.25) is 0 Å². The number of halogens is 1. The molecule has 3 rings (SSSR count). The van der Waals surface area contributed by atoms with Crippen molar-refractivity contribution in [3.8, 4) is 0 Å². The van der Waals surface area contributed by atoms with Gasteiger partial charge in [-0.3, -0.25) is 14.9 Å². The van der Waals surface area contributed by atoms with E-state index in [2.05, 4.69) is 5.32 Å². The Morgan fingerprint density at radius 2 is 1.64 bits per heavy atom. The average Bonchev–Trinajstić information content (AvgIpc) is 2.60. The summed E-state index contributed by atoms with van der Waals surface area (Å²) in [6, 6.07) is 11.4. The molecular formula is C19H15FN2O3. The lowest BCUT2D eigenvalue weighted by molar-refractivity contribution is -0.122. The topological polar surface area (TPSA) is 66.5 Å². The summed E-state index contributed by atoms with van der Waals surface area (Å²) in [5.41, 5.74) is 1.82. The molecule has 5 nitrogen and oxygen atoms in total. The van der Waals surface area contributed by atoms with Crippen molar-refractivity contribution in [3.05, 3.63) is 71.0 Å². The van der Waals surface area contributed by atoms with Crippen LogP contribution in [0.15, 0.2) is 54.1 Å². The minimum atomic E-state index is -0.861. The second-order valence-corrected chi connectivity index (χ2v) is 5.53. The van der Waals surface area contributed by atoms with E-state index in [1.807, 2.05) is 19.1 Å². The fraction of sp³-hybridized carbons (Fsp3) is 0.105. The predicted octanol–water partition coefficient (Wildman–Crippen LogP) is 3.05. The average molecular weight is 338 g/mol. The lowest BCUT2D eigenvalue weighted by Crippen LogP contribution is -2.54. The van der Waals surface area contributed by atoms with Crippen LogP contribution in [-0.4, -0.2) is 17.8 Å². The van der Waals surface area contributed by atoms with Crippen molar-refractivity contribution in [1.29, 1.82) is 0 Å². The first-order chi connectivity index (χ1) is 12.0. The third-order valence-corrected chi connectivity index (χ3v) is 3.89. The summed E-state index contributed by atoms with van der Waals surface area (Å²) in [6.45, 7) is 2.03. The maximum Gasteiger partial charge on any atom is 0.335 e. The number of carbonyl (C=O) groups excluding carboxylic acids is 3. The van der Waals surface area contributed by atoms with E-state index in [0.717, 1.165) is 29.0 Å². The Morgan fingerprint density at radius 3 is 2.24 bits per heavy atom. The second-order valence-electron chi connectivity index (χ2n) is 5.53. The lowest BCUT2D eigenvalue weighted by Gasteiger charge is -2.26. The van der Waals surface area contributed by atoms with Crippen molar-refractivity contribution >= 4 is 29.6 Å². The van der Waals surface area contributed by atoms with Gasteiger partial charge >= 0.3 is 6.03 Å². The summed E-state index contributed by atoms with van der Waals surface area (Å²) in [6.07, 6.45) is 2.31. The highest BCUT2D eigenvalue weighted by atomic mass is 19.1. The SMILES string of the molecule is CCc1ccc(/C=C2\C(=O)NC(=O)N(c3ccc(F)cc3)C2=O)cc1. The largest absolute Gasteiger partial charge is 0.335 e. The van der Waals surface area contributed by atoms with Crippen LogP contribution in [0, 0.1) is 5.82 Å². The zero-order chi connectivity index (χ0) is 18.0. The number of nitrogens with zero attached hydrogens (tertiary/aromatic N) is 1. The maximum atomic E-state index is 13.1. The number of rotatable bonds is 3. The van der Waals surface area contributed by atoms with E-state index < -0.39 is 23.7 Å². The zero-order valence-corrected chi connectivity index (χ0v) is 13.5. The monoisotopic (exact) mass is 338 g/mol. The molecule has 0 radical (unpaired) electrons. The van der Waals surface area contributed by atoms with Crippen LogP contribution in [0.25, 0.3) is 6.08 Å². The second kappa shape index (κ2) is 6.68. The van der Waals surface area contributed by atoms with Gasteiger partial charge in [0.1, 0.15) is 11.4 Å². The van der Waals surface area contributed by atoms with E-state index in [1.165, 1.54) is 18.2 Å². The van der Waals surface area contributed by atoms with Crippen molar-refractivity contribution in [2.45, 2.75) is 13.3 Å². The Balaban J connectivity index is 1.97. The Morgan fingerprint density at radius 1 is 1.00 bits per heavy atom. The normalized spacial score (nSPS) is 16.3. The van der Waals surface area contributed by atoms with Gasteiger partial charge in [0, 0.05) is 0 Å². The molecule has 1 saturated heterocycles. The number of imide groups is 2. The van der Waals surface area contributed by atoms with Gasteiger partial charge < -0.3 is 0 Å². The molecule has 0 aliphatic carbocycles. The number of nitrogens with one attached hydrogen (secondary N) is 1. The van der Waals surface area contributed by atoms with E-state index in [9.17, 15) is 18.8 Å². The van der Waals surface area contributed by atoms with E-state index >= 15 is 0 Å². The number of anilines is 1. The van der Waals surface area contributed by atoms with Crippen LogP contribution in [0.3, 0.4) is 0 Å². The van der Waals surface area contributed by atoms with Crippen molar-refractivity contribution in [3.63, 3.8) is 0 Å². The molecule has 1 N–H and O–H groups in total. The number of amides is 4. The molecule has 0 unspecified atom stereocenters. The molecule has 0 saturated carbocycles. The minimum Gasteiger partial charge on any atom is -0.273 e. The van der Waals surface area contributed by atoms with Gasteiger partial charge in [-0.1, -0.05) is 31.2 Å². The maximum absolute atomic E-state index is 13.1. The molecule has 0 aromatic heterocycles. The number of hydrogen-bond acceptors (Lipinski definition) is 3. The molecule has 4 amide bonds. The van der Waals surface area contributed by atoms with Crippen molar-refractivity contribution in [2.24, 2.45) is 0 Å². The summed E-state index contributed by atoms with van der Waals surface area (Å²) < 4.78 is 13.1. The fourth-order valence-electron chi connectivity index (χ4n) is 2.50. The van der Waals surface area contributed by atoms with E-state index in [0.29, 0.717) is 5.56 Å². The van der Waals surface area contributed by atoms with Gasteiger partial charge in [-0.05, 0) is 47.9 Å². The smallest absolute Gasteiger partial charge is 0.273 e. The van der Waals surface area contributed by atoms with Crippen LogP contribution >= 0.6 is 0 Å². The van der Waals surface area contributed by atoms with Gasteiger partial charge in [0.25, 0.3) is 11.8 Å². The molecule has 1 fully saturated rings. The third-order valence-electron chi connectivity index (χ3n) is 3.89. The molecule has 25 heavy (non-hydrogen) atoms. The summed E-state index contributed by atoms with van der Waals surface area (Å²) in [5, 5.41) is 2.13. The molecule has 1 aliphatic rings. The van der Waals surface area contributed by atoms with Crippen molar-refractivity contribution < 1.29 is 18.8 Å². The van der Waals surface area contributed by atoms with Crippen LogP contribution < -0.4 is 10.2 Å². The molecular weight excluding hydrogens is 323 g/mol. The van der Waals surface area contributed by atoms with Crippen molar-refractivity contribution in [2.75, 3.05) is 4.90 Å². The Labute approximate surface area is 143 Å². The Hall–Kier alpha value is -3.28. The van der Waals surface area contributed by atoms with Gasteiger partial charge in [-0.15, -0.1) is 0 Å². The molecule has 0 bridgehead atoms. The molecule has 2 aromatic rings. The first kappa shape index (κ1) is 16.6. The van der Waals surface area contributed by atoms with E-state index in [4.69, 9.17) is 0 Å². The molecule has 0 spiro atoms. The molecule has 1 aliphatic heterocycles. The highest BCUT2D eigenvalue weighted by Crippen LogP contribution is 2.22. The first-order valence-corrected chi connectivity index (χ1v) is 7.75. The summed E-state index contributed by atoms with van der Waals surface area (Å²) in [4.78, 5) is 37.6. The molecule has 6 heteroatoms. The number of barbiturate groups is 1. The fourth-order valence-corrected chi connectivity index (χ4v) is 2.50. The molecule has 0 atom stereocenters. The summed E-state index contributed by atoms with van der Waals surface area (Å²) >= 11 is 0. The highest BCUT2D eigenvalue weighted by molar-refractivity contribution is 6.39. The molecule has 2 aromatic carbocycles. The minimum absolute atomic E-state index is 0.159. The number of aryl methyl sites for hydroxylation is 1. The summed E-state index contributed by atoms with van der Waals surface area (Å²) in [7, 11) is 0. The van der Waals surface area contributed by atoms with Gasteiger partial charge in [0.15, 0.2) is 0 Å². The van der Waals surface area contributed by atoms with Crippen LogP contribution in [0.4, 0.5) is 14.9 Å².